The number of ketones is 2. The molecule has 0 unspecified atom stereocenters. The van der Waals surface area contributed by atoms with Crippen LogP contribution < -0.4 is 4.18 Å². The second-order valence-electron chi connectivity index (χ2n) is 4.37. The van der Waals surface area contributed by atoms with Crippen molar-refractivity contribution in [1.82, 2.24) is 0 Å². The van der Waals surface area contributed by atoms with Gasteiger partial charge in [-0.1, -0.05) is 36.4 Å². The molecule has 6 nitrogen and oxygen atoms in total. The van der Waals surface area contributed by atoms with Gasteiger partial charge in [-0.3, -0.25) is 9.59 Å². The van der Waals surface area contributed by atoms with Crippen LogP contribution in [-0.2, 0) is 10.4 Å². The van der Waals surface area contributed by atoms with Gasteiger partial charge in [-0.05, 0) is 6.07 Å². The first-order chi connectivity index (χ1) is 9.88. The third kappa shape index (κ3) is 2.22. The van der Waals surface area contributed by atoms with E-state index < -0.39 is 27.7 Å². The summed E-state index contributed by atoms with van der Waals surface area (Å²) in [5.41, 5.74) is 0.187. The second-order valence-corrected chi connectivity index (χ2v) is 5.36. The monoisotopic (exact) mass is 303 g/mol. The van der Waals surface area contributed by atoms with E-state index >= 15 is 0 Å². The molecule has 0 saturated heterocycles. The molecular weight excluding hydrogens is 296 g/mol. The summed E-state index contributed by atoms with van der Waals surface area (Å²) in [6.45, 7) is 0. The molecule has 3 rings (SSSR count). The van der Waals surface area contributed by atoms with Gasteiger partial charge in [-0.25, -0.2) is 8.42 Å². The number of rotatable bonds is 2. The van der Waals surface area contributed by atoms with Gasteiger partial charge in [0, 0.05) is 16.7 Å². The fourth-order valence-electron chi connectivity index (χ4n) is 2.29. The molecule has 0 amide bonds. The number of carbonyl (C=O) groups excluding carboxylic acids is 2. The van der Waals surface area contributed by atoms with E-state index in [2.05, 4.69) is 4.18 Å². The summed E-state index contributed by atoms with van der Waals surface area (Å²) in [5.74, 6) is -1.41. The Balaban J connectivity index is 2.26. The molecule has 0 bridgehead atoms. The first kappa shape index (κ1) is 13.5. The largest absolute Gasteiger partial charge is 0.716 e. The zero-order valence-corrected chi connectivity index (χ0v) is 11.2. The lowest BCUT2D eigenvalue weighted by molar-refractivity contribution is 0.0977. The standard InChI is InChI=1S/C14H8O6S/c15-13-8-4-1-2-5-9(8)14(16)12-10(13)6-3-7-11(12)20-21(17,18)19/h1-7H,(H,17,18,19)/p-1. The third-order valence-corrected chi connectivity index (χ3v) is 3.49. The summed E-state index contributed by atoms with van der Waals surface area (Å²) in [6.07, 6.45) is 0. The van der Waals surface area contributed by atoms with Gasteiger partial charge in [0.25, 0.3) is 10.4 Å². The van der Waals surface area contributed by atoms with Gasteiger partial charge >= 0.3 is 0 Å². The van der Waals surface area contributed by atoms with E-state index in [1.54, 1.807) is 12.1 Å². The van der Waals surface area contributed by atoms with Crippen molar-refractivity contribution in [3.05, 3.63) is 64.7 Å². The maximum Gasteiger partial charge on any atom is 0.262 e. The van der Waals surface area contributed by atoms with Crippen LogP contribution in [0, 0.1) is 0 Å². The minimum atomic E-state index is -5.04. The molecule has 106 valence electrons. The van der Waals surface area contributed by atoms with E-state index in [4.69, 9.17) is 0 Å². The first-order valence-corrected chi connectivity index (χ1v) is 7.18. The summed E-state index contributed by atoms with van der Waals surface area (Å²) in [5, 5.41) is 0. The van der Waals surface area contributed by atoms with E-state index in [-0.39, 0.29) is 22.3 Å². The quantitative estimate of drug-likeness (QED) is 0.522. The Bertz CT molecular complexity index is 882. The van der Waals surface area contributed by atoms with Crippen LogP contribution in [0.1, 0.15) is 31.8 Å². The normalized spacial score (nSPS) is 13.6. The van der Waals surface area contributed by atoms with Crippen molar-refractivity contribution < 1.29 is 26.7 Å². The SMILES string of the molecule is O=C1c2ccccc2C(=O)c2c(OS(=O)(=O)[O-])cccc21. The average molecular weight is 303 g/mol. The van der Waals surface area contributed by atoms with Crippen LogP contribution in [0.4, 0.5) is 0 Å². The molecule has 0 aromatic heterocycles. The highest BCUT2D eigenvalue weighted by atomic mass is 32.3. The van der Waals surface area contributed by atoms with Crippen LogP contribution in [0.5, 0.6) is 5.75 Å². The van der Waals surface area contributed by atoms with Crippen molar-refractivity contribution in [2.45, 2.75) is 0 Å². The number of hydrogen-bond donors (Lipinski definition) is 0. The van der Waals surface area contributed by atoms with Crippen molar-refractivity contribution in [1.29, 1.82) is 0 Å². The zero-order valence-electron chi connectivity index (χ0n) is 10.4. The number of carbonyl (C=O) groups is 2. The van der Waals surface area contributed by atoms with Crippen molar-refractivity contribution >= 4 is 22.0 Å². The smallest absolute Gasteiger partial charge is 0.262 e. The third-order valence-electron chi connectivity index (χ3n) is 3.11. The number of benzene rings is 2. The Labute approximate surface area is 119 Å². The van der Waals surface area contributed by atoms with Crippen LogP contribution in [0.25, 0.3) is 0 Å². The minimum Gasteiger partial charge on any atom is -0.716 e. The molecule has 7 heteroatoms. The lowest BCUT2D eigenvalue weighted by Gasteiger charge is -2.20. The molecule has 0 atom stereocenters. The highest BCUT2D eigenvalue weighted by molar-refractivity contribution is 7.81. The van der Waals surface area contributed by atoms with E-state index in [0.29, 0.717) is 0 Å². The van der Waals surface area contributed by atoms with E-state index in [0.717, 1.165) is 6.07 Å². The van der Waals surface area contributed by atoms with Crippen molar-refractivity contribution in [2.24, 2.45) is 0 Å². The fourth-order valence-corrected chi connectivity index (χ4v) is 2.65. The molecule has 0 spiro atoms. The summed E-state index contributed by atoms with van der Waals surface area (Å²) < 4.78 is 36.5. The van der Waals surface area contributed by atoms with Gasteiger partial charge in [0.15, 0.2) is 17.3 Å². The molecule has 0 heterocycles. The number of fused-ring (bicyclic) bond motifs is 2. The summed E-state index contributed by atoms with van der Waals surface area (Å²) in [6, 6.07) is 10.1. The summed E-state index contributed by atoms with van der Waals surface area (Å²) in [7, 11) is -5.04. The van der Waals surface area contributed by atoms with Crippen LogP contribution >= 0.6 is 0 Å². The Morgan fingerprint density at radius 3 is 2.00 bits per heavy atom. The first-order valence-electron chi connectivity index (χ1n) is 5.85. The van der Waals surface area contributed by atoms with Crippen molar-refractivity contribution in [3.63, 3.8) is 0 Å². The van der Waals surface area contributed by atoms with Gasteiger partial charge in [0.1, 0.15) is 0 Å². The van der Waals surface area contributed by atoms with Gasteiger partial charge in [-0.15, -0.1) is 0 Å². The predicted molar refractivity (Wildman–Crippen MR) is 70.1 cm³/mol. The highest BCUT2D eigenvalue weighted by Crippen LogP contribution is 2.33. The summed E-state index contributed by atoms with van der Waals surface area (Å²) >= 11 is 0. The van der Waals surface area contributed by atoms with E-state index in [1.165, 1.54) is 24.3 Å². The number of hydrogen-bond acceptors (Lipinski definition) is 6. The molecule has 0 saturated carbocycles. The molecule has 0 radical (unpaired) electrons. The molecular formula is C14H7O6S-. The van der Waals surface area contributed by atoms with Crippen LogP contribution in [0.2, 0.25) is 0 Å². The van der Waals surface area contributed by atoms with E-state index in [1.807, 2.05) is 0 Å². The zero-order chi connectivity index (χ0) is 15.2. The second kappa shape index (κ2) is 4.51. The molecule has 1 aliphatic rings. The molecule has 1 aliphatic carbocycles. The average Bonchev–Trinajstić information content (AvgIpc) is 2.43. The molecule has 0 aliphatic heterocycles. The maximum absolute atomic E-state index is 12.4. The van der Waals surface area contributed by atoms with Gasteiger partial charge in [0.2, 0.25) is 0 Å². The van der Waals surface area contributed by atoms with E-state index in [9.17, 15) is 22.6 Å². The van der Waals surface area contributed by atoms with Crippen molar-refractivity contribution in [3.8, 4) is 5.75 Å². The molecule has 2 aromatic carbocycles. The molecule has 2 aromatic rings. The lowest BCUT2D eigenvalue weighted by atomic mass is 9.84. The fraction of sp³-hybridized carbons (Fsp3) is 0. The van der Waals surface area contributed by atoms with Crippen LogP contribution in [0.15, 0.2) is 42.5 Å². The summed E-state index contributed by atoms with van der Waals surface area (Å²) in [4.78, 5) is 24.8. The Morgan fingerprint density at radius 1 is 0.810 bits per heavy atom. The Morgan fingerprint density at radius 2 is 1.38 bits per heavy atom. The topological polar surface area (TPSA) is 101 Å². The highest BCUT2D eigenvalue weighted by Gasteiger charge is 2.32. The van der Waals surface area contributed by atoms with Gasteiger partial charge in [-0.2, -0.15) is 0 Å². The minimum absolute atomic E-state index is 0.0138. The van der Waals surface area contributed by atoms with Crippen LogP contribution in [0.3, 0.4) is 0 Å². The van der Waals surface area contributed by atoms with Gasteiger partial charge in [0.05, 0.1) is 5.56 Å². The Kier molecular flexibility index (Phi) is 2.89. The van der Waals surface area contributed by atoms with Crippen LogP contribution in [-0.4, -0.2) is 24.5 Å². The molecule has 0 N–H and O–H groups in total. The lowest BCUT2D eigenvalue weighted by Crippen LogP contribution is -2.22. The molecule has 0 fully saturated rings. The maximum atomic E-state index is 12.4. The predicted octanol–water partition coefficient (Wildman–Crippen LogP) is 1.30. The Hall–Kier alpha value is -2.51. The van der Waals surface area contributed by atoms with Crippen molar-refractivity contribution in [2.75, 3.05) is 0 Å². The molecule has 21 heavy (non-hydrogen) atoms. The van der Waals surface area contributed by atoms with Gasteiger partial charge < -0.3 is 8.74 Å².